The predicted molar refractivity (Wildman–Crippen MR) is 109 cm³/mol. The van der Waals surface area contributed by atoms with Crippen molar-refractivity contribution in [1.82, 2.24) is 9.97 Å². The first kappa shape index (κ1) is 23.8. The van der Waals surface area contributed by atoms with Gasteiger partial charge in [0.25, 0.3) is 5.85 Å². The van der Waals surface area contributed by atoms with Crippen LogP contribution < -0.4 is 15.4 Å². The van der Waals surface area contributed by atoms with Crippen LogP contribution in [0.4, 0.5) is 21.8 Å². The number of fused-ring (bicyclic) bond motifs is 1. The SMILES string of the molecule is C=Nc1c(OCC)nc(N)nc1N(C)[C@@H]1O[C@]2(F)CO[P@@](=O)(OC(C)C)O[C@H]2[C@@]1(C)O. The molecule has 174 valence electrons. The lowest BCUT2D eigenvalue weighted by atomic mass is 9.95. The molecule has 0 radical (unpaired) electrons. The van der Waals surface area contributed by atoms with Crippen LogP contribution in [-0.4, -0.2) is 71.9 Å². The molecule has 2 saturated heterocycles. The molecule has 0 amide bonds. The Labute approximate surface area is 179 Å². The van der Waals surface area contributed by atoms with Gasteiger partial charge in [-0.15, -0.1) is 0 Å². The molecule has 0 unspecified atom stereocenters. The van der Waals surface area contributed by atoms with E-state index >= 15 is 4.39 Å². The summed E-state index contributed by atoms with van der Waals surface area (Å²) in [5, 5.41) is 11.2. The van der Waals surface area contributed by atoms with Gasteiger partial charge in [-0.05, 0) is 34.4 Å². The Kier molecular flexibility index (Phi) is 6.31. The summed E-state index contributed by atoms with van der Waals surface area (Å²) in [6.07, 6.45) is -3.58. The maximum Gasteiger partial charge on any atom is 0.475 e. The van der Waals surface area contributed by atoms with Gasteiger partial charge in [-0.3, -0.25) is 18.6 Å². The number of hydrogen-bond donors (Lipinski definition) is 2. The van der Waals surface area contributed by atoms with E-state index in [2.05, 4.69) is 21.7 Å². The van der Waals surface area contributed by atoms with Crippen LogP contribution >= 0.6 is 7.82 Å². The number of alkyl halides is 1. The molecule has 31 heavy (non-hydrogen) atoms. The molecule has 0 aromatic carbocycles. The van der Waals surface area contributed by atoms with Crippen LogP contribution in [0.5, 0.6) is 5.88 Å². The Hall–Kier alpha value is -1.89. The Balaban J connectivity index is 1.98. The molecule has 0 saturated carbocycles. The van der Waals surface area contributed by atoms with Gasteiger partial charge in [-0.25, -0.2) is 8.96 Å². The minimum Gasteiger partial charge on any atom is -0.476 e. The molecule has 5 atom stereocenters. The molecular formula is C17H27FN5O7P. The van der Waals surface area contributed by atoms with E-state index in [9.17, 15) is 9.67 Å². The van der Waals surface area contributed by atoms with Crippen LogP contribution in [0.3, 0.4) is 0 Å². The average molecular weight is 463 g/mol. The lowest BCUT2D eigenvalue weighted by Gasteiger charge is -2.38. The molecule has 3 rings (SSSR count). The summed E-state index contributed by atoms with van der Waals surface area (Å²) in [5.41, 5.74) is 3.87. The summed E-state index contributed by atoms with van der Waals surface area (Å²) in [4.78, 5) is 13.3. The van der Waals surface area contributed by atoms with Gasteiger partial charge in [-0.1, -0.05) is 0 Å². The number of ether oxygens (including phenoxy) is 2. The Bertz CT molecular complexity index is 904. The molecule has 12 nitrogen and oxygen atoms in total. The van der Waals surface area contributed by atoms with Gasteiger partial charge in [-0.2, -0.15) is 9.97 Å². The zero-order valence-electron chi connectivity index (χ0n) is 17.9. The first-order valence-corrected chi connectivity index (χ1v) is 11.0. The molecule has 0 spiro atoms. The van der Waals surface area contributed by atoms with E-state index in [-0.39, 0.29) is 29.9 Å². The Morgan fingerprint density at radius 1 is 1.52 bits per heavy atom. The van der Waals surface area contributed by atoms with E-state index in [4.69, 9.17) is 28.8 Å². The number of halogens is 1. The highest BCUT2D eigenvalue weighted by molar-refractivity contribution is 7.48. The average Bonchev–Trinajstić information content (AvgIpc) is 2.87. The third kappa shape index (κ3) is 4.26. The zero-order chi connectivity index (χ0) is 23.2. The van der Waals surface area contributed by atoms with E-state index in [1.165, 1.54) is 18.9 Å². The van der Waals surface area contributed by atoms with Gasteiger partial charge in [0.05, 0.1) is 12.7 Å². The predicted octanol–water partition coefficient (Wildman–Crippen LogP) is 1.95. The number of nitrogens with two attached hydrogens (primary N) is 1. The second-order valence-corrected chi connectivity index (χ2v) is 9.18. The molecule has 3 heterocycles. The summed E-state index contributed by atoms with van der Waals surface area (Å²) in [7, 11) is -2.65. The van der Waals surface area contributed by atoms with Crippen molar-refractivity contribution in [3.63, 3.8) is 0 Å². The number of aliphatic imine (C=N–C) groups is 1. The second-order valence-electron chi connectivity index (χ2n) is 7.60. The van der Waals surface area contributed by atoms with Crippen molar-refractivity contribution < 1.29 is 37.1 Å². The first-order chi connectivity index (χ1) is 14.4. The van der Waals surface area contributed by atoms with E-state index in [1.807, 2.05) is 0 Å². The van der Waals surface area contributed by atoms with Gasteiger partial charge in [0.15, 0.2) is 23.8 Å². The number of phosphoric ester groups is 1. The van der Waals surface area contributed by atoms with E-state index in [0.29, 0.717) is 0 Å². The number of likely N-dealkylation sites (N-methyl/N-ethyl adjacent to an activating group) is 1. The third-order valence-corrected chi connectivity index (χ3v) is 6.29. The number of nitrogen functional groups attached to an aromatic ring is 1. The molecular weight excluding hydrogens is 436 g/mol. The lowest BCUT2D eigenvalue weighted by Crippen LogP contribution is -2.55. The third-order valence-electron chi connectivity index (χ3n) is 4.70. The minimum atomic E-state index is -4.12. The number of anilines is 2. The van der Waals surface area contributed by atoms with E-state index in [0.717, 1.165) is 0 Å². The molecule has 2 aliphatic rings. The van der Waals surface area contributed by atoms with Crippen LogP contribution in [0.15, 0.2) is 4.99 Å². The smallest absolute Gasteiger partial charge is 0.475 e. The van der Waals surface area contributed by atoms with Crippen molar-refractivity contribution in [3.05, 3.63) is 0 Å². The molecule has 0 bridgehead atoms. The molecule has 1 aromatic rings. The van der Waals surface area contributed by atoms with Gasteiger partial charge >= 0.3 is 7.82 Å². The number of phosphoric acid groups is 1. The fourth-order valence-corrected chi connectivity index (χ4v) is 5.16. The van der Waals surface area contributed by atoms with Crippen molar-refractivity contribution in [2.75, 3.05) is 30.9 Å². The van der Waals surface area contributed by atoms with Gasteiger partial charge in [0.2, 0.25) is 11.8 Å². The highest BCUT2D eigenvalue weighted by Crippen LogP contribution is 2.61. The Morgan fingerprint density at radius 2 is 2.19 bits per heavy atom. The molecule has 2 aliphatic heterocycles. The number of hydrogen-bond acceptors (Lipinski definition) is 12. The number of nitrogens with zero attached hydrogens (tertiary/aromatic N) is 4. The second kappa shape index (κ2) is 8.23. The summed E-state index contributed by atoms with van der Waals surface area (Å²) >= 11 is 0. The van der Waals surface area contributed by atoms with Gasteiger partial charge in [0, 0.05) is 7.05 Å². The van der Waals surface area contributed by atoms with Gasteiger partial charge < -0.3 is 25.2 Å². The number of aromatic nitrogens is 2. The van der Waals surface area contributed by atoms with E-state index in [1.54, 1.807) is 20.8 Å². The molecule has 1 aromatic heterocycles. The van der Waals surface area contributed by atoms with Crippen LogP contribution in [0.2, 0.25) is 0 Å². The monoisotopic (exact) mass is 463 g/mol. The largest absolute Gasteiger partial charge is 0.476 e. The van der Waals surface area contributed by atoms with Crippen LogP contribution in [-0.2, 0) is 22.9 Å². The molecule has 0 aliphatic carbocycles. The molecule has 14 heteroatoms. The van der Waals surface area contributed by atoms with Crippen molar-refractivity contribution in [3.8, 4) is 5.88 Å². The quantitative estimate of drug-likeness (QED) is 0.451. The fraction of sp³-hybridized carbons (Fsp3) is 0.706. The summed E-state index contributed by atoms with van der Waals surface area (Å²) in [6.45, 7) is 9.23. The van der Waals surface area contributed by atoms with Crippen molar-refractivity contribution >= 4 is 32.0 Å². The highest BCUT2D eigenvalue weighted by Gasteiger charge is 2.69. The lowest BCUT2D eigenvalue weighted by molar-refractivity contribution is -0.213. The summed E-state index contributed by atoms with van der Waals surface area (Å²) < 4.78 is 54.7. The maximum atomic E-state index is 15.6. The van der Waals surface area contributed by atoms with E-state index < -0.39 is 44.3 Å². The highest BCUT2D eigenvalue weighted by atomic mass is 31.2. The summed E-state index contributed by atoms with van der Waals surface area (Å²) in [5.74, 6) is -2.62. The topological polar surface area (TPSA) is 151 Å². The molecule has 3 N–H and O–H groups in total. The van der Waals surface area contributed by atoms with Crippen LogP contribution in [0.1, 0.15) is 27.7 Å². The van der Waals surface area contributed by atoms with Crippen LogP contribution in [0.25, 0.3) is 0 Å². The van der Waals surface area contributed by atoms with Crippen LogP contribution in [0, 0.1) is 0 Å². The van der Waals surface area contributed by atoms with Crippen molar-refractivity contribution in [2.45, 2.75) is 57.6 Å². The standard InChI is InChI=1S/C17H27FN5O7P/c1-7-26-12-10(20-5)11(21-15(19)22-12)23(6)14-16(4,24)13-17(18,28-14)8-27-31(25,30-13)29-9(2)3/h9,13-14,24H,5,7-8H2,1-4,6H3,(H2,19,21,22)/t13-,14+,16+,17+,31-/m0/s1. The zero-order valence-corrected chi connectivity index (χ0v) is 18.8. The summed E-state index contributed by atoms with van der Waals surface area (Å²) in [6, 6.07) is 0. The van der Waals surface area contributed by atoms with Crippen molar-refractivity contribution in [1.29, 1.82) is 0 Å². The fourth-order valence-electron chi connectivity index (χ4n) is 3.51. The van der Waals surface area contributed by atoms with Crippen molar-refractivity contribution in [2.24, 2.45) is 4.99 Å². The first-order valence-electron chi connectivity index (χ1n) is 9.57. The minimum absolute atomic E-state index is 0.0614. The number of aliphatic hydroxyl groups is 1. The normalized spacial score (nSPS) is 35.1. The maximum absolute atomic E-state index is 15.6. The number of rotatable bonds is 7. The molecule has 2 fully saturated rings. The Morgan fingerprint density at radius 3 is 2.77 bits per heavy atom. The van der Waals surface area contributed by atoms with Gasteiger partial charge in [0.1, 0.15) is 12.2 Å².